The van der Waals surface area contributed by atoms with Crippen molar-refractivity contribution in [3.8, 4) is 5.75 Å². The number of anilines is 1. The Hall–Kier alpha value is -3.13. The summed E-state index contributed by atoms with van der Waals surface area (Å²) in [5, 5.41) is 5.22. The summed E-state index contributed by atoms with van der Waals surface area (Å²) in [7, 11) is 0. The molecule has 9 heteroatoms. The Labute approximate surface area is 159 Å². The third-order valence-electron chi connectivity index (χ3n) is 3.09. The summed E-state index contributed by atoms with van der Waals surface area (Å²) in [6.45, 7) is -1.27. The van der Waals surface area contributed by atoms with Gasteiger partial charge in [0, 0.05) is 10.7 Å². The molecular formula is C18H16ClFN2O5. The number of amides is 2. The second-order valence-corrected chi connectivity index (χ2v) is 5.67. The average molecular weight is 395 g/mol. The van der Waals surface area contributed by atoms with E-state index in [2.05, 4.69) is 10.6 Å². The third kappa shape index (κ3) is 7.74. The van der Waals surface area contributed by atoms with Crippen molar-refractivity contribution < 1.29 is 28.2 Å². The summed E-state index contributed by atoms with van der Waals surface area (Å²) in [6.07, 6.45) is 0. The number of carbonyl (C=O) groups is 3. The molecule has 0 aliphatic rings. The fourth-order valence-corrected chi connectivity index (χ4v) is 2.04. The molecule has 2 aromatic rings. The molecule has 0 saturated heterocycles. The molecule has 2 rings (SSSR count). The van der Waals surface area contributed by atoms with Crippen LogP contribution in [0.2, 0.25) is 5.02 Å². The van der Waals surface area contributed by atoms with Crippen molar-refractivity contribution in [2.45, 2.75) is 0 Å². The molecule has 2 amide bonds. The zero-order valence-corrected chi connectivity index (χ0v) is 14.8. The highest BCUT2D eigenvalue weighted by Crippen LogP contribution is 2.16. The van der Waals surface area contributed by atoms with Gasteiger partial charge in [0.2, 0.25) is 5.91 Å². The molecule has 0 radical (unpaired) electrons. The number of carbonyl (C=O) groups excluding carboxylic acids is 3. The van der Waals surface area contributed by atoms with Gasteiger partial charge in [-0.2, -0.15) is 0 Å². The van der Waals surface area contributed by atoms with E-state index in [1.165, 1.54) is 30.3 Å². The Bertz CT molecular complexity index is 814. The molecule has 0 fully saturated rings. The lowest BCUT2D eigenvalue weighted by Gasteiger charge is -2.08. The summed E-state index contributed by atoms with van der Waals surface area (Å²) in [5.74, 6) is -1.95. The monoisotopic (exact) mass is 394 g/mol. The van der Waals surface area contributed by atoms with Crippen LogP contribution in [0.5, 0.6) is 5.75 Å². The summed E-state index contributed by atoms with van der Waals surface area (Å²) in [5.41, 5.74) is 0.389. The lowest BCUT2D eigenvalue weighted by molar-refractivity contribution is -0.150. The van der Waals surface area contributed by atoms with Gasteiger partial charge in [0.05, 0.1) is 6.54 Å². The minimum atomic E-state index is -0.749. The summed E-state index contributed by atoms with van der Waals surface area (Å²) >= 11 is 5.78. The molecule has 142 valence electrons. The van der Waals surface area contributed by atoms with Gasteiger partial charge in [0.1, 0.15) is 11.6 Å². The smallest absolute Gasteiger partial charge is 0.344 e. The highest BCUT2D eigenvalue weighted by Gasteiger charge is 2.10. The molecule has 0 aromatic heterocycles. The van der Waals surface area contributed by atoms with Crippen molar-refractivity contribution in [1.82, 2.24) is 5.32 Å². The summed E-state index contributed by atoms with van der Waals surface area (Å²) < 4.78 is 22.7. The molecule has 0 atom stereocenters. The summed E-state index contributed by atoms with van der Waals surface area (Å²) in [4.78, 5) is 34.8. The van der Waals surface area contributed by atoms with E-state index in [1.807, 2.05) is 0 Å². The molecule has 0 heterocycles. The molecular weight excluding hydrogens is 379 g/mol. The van der Waals surface area contributed by atoms with Crippen LogP contribution in [0.25, 0.3) is 0 Å². The van der Waals surface area contributed by atoms with Crippen LogP contribution in [-0.2, 0) is 19.1 Å². The first-order valence-corrected chi connectivity index (χ1v) is 8.16. The predicted molar refractivity (Wildman–Crippen MR) is 95.9 cm³/mol. The Morgan fingerprint density at radius 2 is 1.74 bits per heavy atom. The minimum Gasteiger partial charge on any atom is -0.482 e. The molecule has 7 nitrogen and oxygen atoms in total. The van der Waals surface area contributed by atoms with E-state index in [-0.39, 0.29) is 6.54 Å². The highest BCUT2D eigenvalue weighted by atomic mass is 35.5. The lowest BCUT2D eigenvalue weighted by Crippen LogP contribution is -2.36. The van der Waals surface area contributed by atoms with Crippen LogP contribution in [0.15, 0.2) is 48.5 Å². The molecule has 27 heavy (non-hydrogen) atoms. The van der Waals surface area contributed by atoms with Crippen LogP contribution in [0.4, 0.5) is 10.1 Å². The molecule has 0 aliphatic heterocycles. The average Bonchev–Trinajstić information content (AvgIpc) is 2.65. The number of esters is 1. The van der Waals surface area contributed by atoms with Crippen LogP contribution in [-0.4, -0.2) is 37.5 Å². The van der Waals surface area contributed by atoms with Gasteiger partial charge < -0.3 is 20.1 Å². The quantitative estimate of drug-likeness (QED) is 0.669. The molecule has 2 N–H and O–H groups in total. The van der Waals surface area contributed by atoms with Crippen molar-refractivity contribution in [2.24, 2.45) is 0 Å². The maximum atomic E-state index is 12.8. The van der Waals surface area contributed by atoms with E-state index in [0.717, 1.165) is 0 Å². The van der Waals surface area contributed by atoms with Crippen molar-refractivity contribution >= 4 is 35.1 Å². The molecule has 0 aliphatic carbocycles. The topological polar surface area (TPSA) is 93.7 Å². The van der Waals surface area contributed by atoms with Gasteiger partial charge in [-0.1, -0.05) is 17.7 Å². The summed E-state index contributed by atoms with van der Waals surface area (Å²) in [6, 6.07) is 11.6. The van der Waals surface area contributed by atoms with Gasteiger partial charge in [-0.3, -0.25) is 9.59 Å². The Morgan fingerprint density at radius 1 is 1.00 bits per heavy atom. The first kappa shape index (κ1) is 20.2. The second-order valence-electron chi connectivity index (χ2n) is 5.24. The Morgan fingerprint density at radius 3 is 2.44 bits per heavy atom. The van der Waals surface area contributed by atoms with Gasteiger partial charge in [0.25, 0.3) is 5.91 Å². The lowest BCUT2D eigenvalue weighted by atomic mass is 10.3. The minimum absolute atomic E-state index is 0.327. The van der Waals surface area contributed by atoms with E-state index in [4.69, 9.17) is 21.1 Å². The van der Waals surface area contributed by atoms with E-state index in [0.29, 0.717) is 16.5 Å². The van der Waals surface area contributed by atoms with E-state index in [1.54, 1.807) is 18.2 Å². The van der Waals surface area contributed by atoms with E-state index < -0.39 is 36.8 Å². The first-order valence-electron chi connectivity index (χ1n) is 7.78. The van der Waals surface area contributed by atoms with Crippen LogP contribution in [0.1, 0.15) is 0 Å². The van der Waals surface area contributed by atoms with Crippen LogP contribution in [0, 0.1) is 5.82 Å². The SMILES string of the molecule is O=C(COC(=O)COc1cccc(Cl)c1)NCC(=O)Nc1ccc(F)cc1. The second kappa shape index (κ2) is 10.1. The number of hydrogen-bond acceptors (Lipinski definition) is 5. The number of halogens is 2. The fraction of sp³-hybridized carbons (Fsp3) is 0.167. The first-order chi connectivity index (χ1) is 12.9. The van der Waals surface area contributed by atoms with Gasteiger partial charge >= 0.3 is 5.97 Å². The number of rotatable bonds is 8. The number of ether oxygens (including phenoxy) is 2. The van der Waals surface area contributed by atoms with Gasteiger partial charge in [-0.25, -0.2) is 9.18 Å². The number of nitrogens with one attached hydrogen (secondary N) is 2. The highest BCUT2D eigenvalue weighted by molar-refractivity contribution is 6.30. The molecule has 0 spiro atoms. The number of benzene rings is 2. The zero-order chi connectivity index (χ0) is 19.6. The van der Waals surface area contributed by atoms with Gasteiger partial charge in [-0.05, 0) is 42.5 Å². The Balaban J connectivity index is 1.62. The van der Waals surface area contributed by atoms with Crippen molar-refractivity contribution in [1.29, 1.82) is 0 Å². The Kier molecular flexibility index (Phi) is 7.57. The third-order valence-corrected chi connectivity index (χ3v) is 3.33. The van der Waals surface area contributed by atoms with Crippen LogP contribution in [0.3, 0.4) is 0 Å². The van der Waals surface area contributed by atoms with Gasteiger partial charge in [-0.15, -0.1) is 0 Å². The standard InChI is InChI=1S/C18H16ClFN2O5/c19-12-2-1-3-15(8-12)26-11-18(25)27-10-17(24)21-9-16(23)22-14-6-4-13(20)5-7-14/h1-8H,9-11H2,(H,21,24)(H,22,23). The number of hydrogen-bond donors (Lipinski definition) is 2. The maximum Gasteiger partial charge on any atom is 0.344 e. The zero-order valence-electron chi connectivity index (χ0n) is 14.0. The van der Waals surface area contributed by atoms with Crippen molar-refractivity contribution in [3.63, 3.8) is 0 Å². The van der Waals surface area contributed by atoms with Crippen molar-refractivity contribution in [3.05, 3.63) is 59.4 Å². The molecule has 0 saturated carbocycles. The molecule has 0 bridgehead atoms. The fourth-order valence-electron chi connectivity index (χ4n) is 1.86. The predicted octanol–water partition coefficient (Wildman–Crippen LogP) is 2.16. The van der Waals surface area contributed by atoms with Crippen LogP contribution >= 0.6 is 11.6 Å². The van der Waals surface area contributed by atoms with Gasteiger partial charge in [0.15, 0.2) is 13.2 Å². The largest absolute Gasteiger partial charge is 0.482 e. The van der Waals surface area contributed by atoms with Crippen LogP contribution < -0.4 is 15.4 Å². The molecule has 0 unspecified atom stereocenters. The van der Waals surface area contributed by atoms with Crippen molar-refractivity contribution in [2.75, 3.05) is 25.1 Å². The van der Waals surface area contributed by atoms with E-state index >= 15 is 0 Å². The maximum absolute atomic E-state index is 12.8. The van der Waals surface area contributed by atoms with E-state index in [9.17, 15) is 18.8 Å². The molecule has 2 aromatic carbocycles. The normalized spacial score (nSPS) is 10.0.